The van der Waals surface area contributed by atoms with Crippen LogP contribution in [-0.4, -0.2) is 19.2 Å². The molecule has 0 unspecified atom stereocenters. The summed E-state index contributed by atoms with van der Waals surface area (Å²) in [5.41, 5.74) is 2.66. The third-order valence-corrected chi connectivity index (χ3v) is 4.64. The second-order valence-corrected chi connectivity index (χ2v) is 6.29. The normalized spacial score (nSPS) is 11.0. The highest BCUT2D eigenvalue weighted by atomic mass is 32.1. The largest absolute Gasteiger partial charge is 0.493 e. The summed E-state index contributed by atoms with van der Waals surface area (Å²) in [7, 11) is 3.16. The number of methoxy groups -OCH3 is 2. The number of nitrogens with one attached hydrogen (secondary N) is 1. The standard InChI is InChI=1S/C20H16FN3O2S/c1-25-18-8-3-13(9-19(18)26-2)17-12-27-20(24-17)14(10-22)11-23-16-6-4-15(21)5-7-16/h3-9,11-12,23H,1-2H3/b14-11-. The summed E-state index contributed by atoms with van der Waals surface area (Å²) in [6.07, 6.45) is 1.56. The van der Waals surface area contributed by atoms with Gasteiger partial charge in [0, 0.05) is 22.8 Å². The molecule has 1 aromatic heterocycles. The number of rotatable bonds is 6. The Balaban J connectivity index is 1.84. The van der Waals surface area contributed by atoms with Crippen LogP contribution >= 0.6 is 11.3 Å². The molecule has 136 valence electrons. The van der Waals surface area contributed by atoms with Crippen molar-refractivity contribution in [2.24, 2.45) is 0 Å². The molecule has 0 aliphatic rings. The molecule has 3 rings (SSSR count). The lowest BCUT2D eigenvalue weighted by Gasteiger charge is -2.08. The lowest BCUT2D eigenvalue weighted by Crippen LogP contribution is -1.92. The minimum Gasteiger partial charge on any atom is -0.493 e. The van der Waals surface area contributed by atoms with Gasteiger partial charge in [0.1, 0.15) is 22.5 Å². The Kier molecular flexibility index (Phi) is 5.69. The molecule has 0 bridgehead atoms. The van der Waals surface area contributed by atoms with E-state index in [-0.39, 0.29) is 5.82 Å². The zero-order chi connectivity index (χ0) is 19.2. The molecule has 0 amide bonds. The van der Waals surface area contributed by atoms with E-state index in [1.165, 1.54) is 23.5 Å². The first kappa shape index (κ1) is 18.4. The first-order valence-electron chi connectivity index (χ1n) is 7.95. The molecule has 0 spiro atoms. The van der Waals surface area contributed by atoms with E-state index < -0.39 is 0 Å². The van der Waals surface area contributed by atoms with Crippen molar-refractivity contribution in [3.05, 3.63) is 64.9 Å². The molecule has 0 aliphatic heterocycles. The van der Waals surface area contributed by atoms with E-state index in [0.29, 0.717) is 27.8 Å². The Labute approximate surface area is 160 Å². The van der Waals surface area contributed by atoms with Crippen LogP contribution in [0.2, 0.25) is 0 Å². The molecule has 0 fully saturated rings. The van der Waals surface area contributed by atoms with E-state index >= 15 is 0 Å². The van der Waals surface area contributed by atoms with Gasteiger partial charge in [-0.05, 0) is 42.5 Å². The molecule has 0 saturated heterocycles. The Bertz CT molecular complexity index is 1010. The second kappa shape index (κ2) is 8.34. The summed E-state index contributed by atoms with van der Waals surface area (Å²) in [6, 6.07) is 13.5. The van der Waals surface area contributed by atoms with E-state index in [1.54, 1.807) is 32.6 Å². The third-order valence-electron chi connectivity index (χ3n) is 3.76. The molecule has 0 saturated carbocycles. The highest BCUT2D eigenvalue weighted by Gasteiger charge is 2.11. The molecule has 27 heavy (non-hydrogen) atoms. The Morgan fingerprint density at radius 1 is 1.15 bits per heavy atom. The molecule has 5 nitrogen and oxygen atoms in total. The molecule has 0 atom stereocenters. The summed E-state index contributed by atoms with van der Waals surface area (Å²) >= 11 is 1.36. The van der Waals surface area contributed by atoms with Crippen molar-refractivity contribution in [3.8, 4) is 28.8 Å². The van der Waals surface area contributed by atoms with Gasteiger partial charge in [0.25, 0.3) is 0 Å². The van der Waals surface area contributed by atoms with Gasteiger partial charge in [-0.25, -0.2) is 9.37 Å². The highest BCUT2D eigenvalue weighted by Crippen LogP contribution is 2.33. The van der Waals surface area contributed by atoms with Crippen LogP contribution in [0.5, 0.6) is 11.5 Å². The van der Waals surface area contributed by atoms with Crippen LogP contribution in [0, 0.1) is 17.1 Å². The first-order chi connectivity index (χ1) is 13.1. The van der Waals surface area contributed by atoms with Crippen molar-refractivity contribution in [3.63, 3.8) is 0 Å². The van der Waals surface area contributed by atoms with Crippen LogP contribution in [0.3, 0.4) is 0 Å². The SMILES string of the molecule is COc1ccc(-c2csc(/C(C#N)=C\Nc3ccc(F)cc3)n2)cc1OC. The van der Waals surface area contributed by atoms with Crippen molar-refractivity contribution >= 4 is 22.6 Å². The van der Waals surface area contributed by atoms with E-state index in [9.17, 15) is 9.65 Å². The lowest BCUT2D eigenvalue weighted by molar-refractivity contribution is 0.355. The minimum atomic E-state index is -0.315. The molecule has 3 aromatic rings. The number of benzene rings is 2. The summed E-state index contributed by atoms with van der Waals surface area (Å²) in [4.78, 5) is 4.54. The van der Waals surface area contributed by atoms with E-state index in [2.05, 4.69) is 16.4 Å². The van der Waals surface area contributed by atoms with Crippen molar-refractivity contribution in [2.75, 3.05) is 19.5 Å². The van der Waals surface area contributed by atoms with Gasteiger partial charge in [-0.2, -0.15) is 5.26 Å². The van der Waals surface area contributed by atoms with Crippen molar-refractivity contribution in [1.82, 2.24) is 4.98 Å². The van der Waals surface area contributed by atoms with Crippen molar-refractivity contribution in [2.45, 2.75) is 0 Å². The number of allylic oxidation sites excluding steroid dienone is 1. The number of anilines is 1. The predicted molar refractivity (Wildman–Crippen MR) is 104 cm³/mol. The van der Waals surface area contributed by atoms with Crippen LogP contribution in [0.1, 0.15) is 5.01 Å². The number of halogens is 1. The van der Waals surface area contributed by atoms with Gasteiger partial charge in [0.2, 0.25) is 0 Å². The molecule has 7 heteroatoms. The van der Waals surface area contributed by atoms with Gasteiger partial charge in [-0.3, -0.25) is 0 Å². The minimum absolute atomic E-state index is 0.315. The zero-order valence-corrected chi connectivity index (χ0v) is 15.5. The van der Waals surface area contributed by atoms with Gasteiger partial charge < -0.3 is 14.8 Å². The van der Waals surface area contributed by atoms with E-state index in [1.807, 2.05) is 23.6 Å². The molecule has 2 aromatic carbocycles. The van der Waals surface area contributed by atoms with Crippen molar-refractivity contribution < 1.29 is 13.9 Å². The van der Waals surface area contributed by atoms with Gasteiger partial charge >= 0.3 is 0 Å². The van der Waals surface area contributed by atoms with E-state index in [0.717, 1.165) is 11.3 Å². The summed E-state index contributed by atoms with van der Waals surface area (Å²) in [6.45, 7) is 0. The summed E-state index contributed by atoms with van der Waals surface area (Å²) in [5.74, 6) is 0.931. The lowest BCUT2D eigenvalue weighted by atomic mass is 10.1. The topological polar surface area (TPSA) is 67.2 Å². The van der Waals surface area contributed by atoms with Gasteiger partial charge in [0.15, 0.2) is 11.5 Å². The van der Waals surface area contributed by atoms with Crippen LogP contribution in [0.4, 0.5) is 10.1 Å². The Hall–Kier alpha value is -3.37. The molecule has 1 N–H and O–H groups in total. The molecular formula is C20H16FN3O2S. The van der Waals surface area contributed by atoms with Crippen LogP contribution in [0.15, 0.2) is 54.0 Å². The number of nitriles is 1. The number of hydrogen-bond acceptors (Lipinski definition) is 6. The summed E-state index contributed by atoms with van der Waals surface area (Å²) in [5, 5.41) is 14.9. The quantitative estimate of drug-likeness (QED) is 0.613. The fourth-order valence-electron chi connectivity index (χ4n) is 2.37. The van der Waals surface area contributed by atoms with Crippen LogP contribution in [-0.2, 0) is 0 Å². The maximum atomic E-state index is 13.0. The van der Waals surface area contributed by atoms with Gasteiger partial charge in [-0.1, -0.05) is 0 Å². The van der Waals surface area contributed by atoms with Crippen molar-refractivity contribution in [1.29, 1.82) is 5.26 Å². The molecule has 1 heterocycles. The fourth-order valence-corrected chi connectivity index (χ4v) is 3.16. The summed E-state index contributed by atoms with van der Waals surface area (Å²) < 4.78 is 23.5. The Morgan fingerprint density at radius 3 is 2.56 bits per heavy atom. The second-order valence-electron chi connectivity index (χ2n) is 5.43. The van der Waals surface area contributed by atoms with Crippen LogP contribution < -0.4 is 14.8 Å². The number of ether oxygens (including phenoxy) is 2. The monoisotopic (exact) mass is 381 g/mol. The number of hydrogen-bond donors (Lipinski definition) is 1. The Morgan fingerprint density at radius 2 is 1.89 bits per heavy atom. The maximum Gasteiger partial charge on any atom is 0.161 e. The average Bonchev–Trinajstić information content (AvgIpc) is 3.19. The number of nitrogens with zero attached hydrogens (tertiary/aromatic N) is 2. The zero-order valence-electron chi connectivity index (χ0n) is 14.7. The van der Waals surface area contributed by atoms with E-state index in [4.69, 9.17) is 9.47 Å². The average molecular weight is 381 g/mol. The number of thiazole rings is 1. The number of aromatic nitrogens is 1. The molecular weight excluding hydrogens is 365 g/mol. The third kappa shape index (κ3) is 4.25. The smallest absolute Gasteiger partial charge is 0.161 e. The predicted octanol–water partition coefficient (Wildman–Crippen LogP) is 4.94. The van der Waals surface area contributed by atoms with Crippen LogP contribution in [0.25, 0.3) is 16.8 Å². The fraction of sp³-hybridized carbons (Fsp3) is 0.100. The van der Waals surface area contributed by atoms with Gasteiger partial charge in [-0.15, -0.1) is 11.3 Å². The van der Waals surface area contributed by atoms with Gasteiger partial charge in [0.05, 0.1) is 19.9 Å². The first-order valence-corrected chi connectivity index (χ1v) is 8.83. The molecule has 0 aliphatic carbocycles. The highest BCUT2D eigenvalue weighted by molar-refractivity contribution is 7.11. The maximum absolute atomic E-state index is 13.0. The molecule has 0 radical (unpaired) electrons.